The van der Waals surface area contributed by atoms with Crippen molar-refractivity contribution in [2.45, 2.75) is 51.9 Å². The molecule has 4 aliphatic carbocycles. The molecule has 1 amide bonds. The van der Waals surface area contributed by atoms with Crippen molar-refractivity contribution < 1.29 is 9.21 Å². The van der Waals surface area contributed by atoms with Crippen LogP contribution >= 0.6 is 12.2 Å². The van der Waals surface area contributed by atoms with E-state index in [2.05, 4.69) is 20.6 Å². The Bertz CT molecular complexity index is 1180. The molecule has 0 unspecified atom stereocenters. The summed E-state index contributed by atoms with van der Waals surface area (Å²) in [6.45, 7) is 1.99. The van der Waals surface area contributed by atoms with E-state index in [4.69, 9.17) is 16.6 Å². The van der Waals surface area contributed by atoms with E-state index in [1.54, 1.807) is 6.20 Å². The van der Waals surface area contributed by atoms with Gasteiger partial charge in [0.25, 0.3) is 0 Å². The summed E-state index contributed by atoms with van der Waals surface area (Å²) < 4.78 is 5.89. The zero-order chi connectivity index (χ0) is 22.6. The molecule has 33 heavy (non-hydrogen) atoms. The molecule has 7 heteroatoms. The fourth-order valence-electron chi connectivity index (χ4n) is 7.06. The van der Waals surface area contributed by atoms with E-state index in [0.717, 1.165) is 34.6 Å². The summed E-state index contributed by atoms with van der Waals surface area (Å²) in [5.41, 5.74) is 4.06. The molecule has 4 saturated carbocycles. The van der Waals surface area contributed by atoms with Crippen LogP contribution in [-0.2, 0) is 4.79 Å². The summed E-state index contributed by atoms with van der Waals surface area (Å²) in [4.78, 5) is 21.7. The van der Waals surface area contributed by atoms with Gasteiger partial charge in [-0.2, -0.15) is 4.98 Å². The third-order valence-electron chi connectivity index (χ3n) is 7.93. The number of benzene rings is 1. The highest BCUT2D eigenvalue weighted by molar-refractivity contribution is 7.80. The van der Waals surface area contributed by atoms with Crippen LogP contribution < -0.4 is 10.6 Å². The van der Waals surface area contributed by atoms with Gasteiger partial charge in [0, 0.05) is 23.9 Å². The molecule has 0 aliphatic heterocycles. The molecule has 0 spiro atoms. The van der Waals surface area contributed by atoms with Gasteiger partial charge < -0.3 is 15.1 Å². The Morgan fingerprint density at radius 3 is 2.55 bits per heavy atom. The van der Waals surface area contributed by atoms with Gasteiger partial charge in [0.2, 0.25) is 11.8 Å². The predicted octanol–water partition coefficient (Wildman–Crippen LogP) is 5.62. The van der Waals surface area contributed by atoms with Crippen LogP contribution in [0, 0.1) is 30.1 Å². The van der Waals surface area contributed by atoms with E-state index in [9.17, 15) is 4.79 Å². The summed E-state index contributed by atoms with van der Waals surface area (Å²) in [5, 5.41) is 6.49. The standard InChI is InChI=1S/C26H28N4O2S/c1-15-19(24-30-23-21(32-24)6-3-7-27-23)4-2-5-20(15)28-25(33)29-22(31)14-26-11-16-8-17(12-26)10-18(9-16)13-26/h2-7,16-18H,8-14H2,1H3,(H2,28,29,31,33). The monoisotopic (exact) mass is 460 g/mol. The second-order valence-corrected chi connectivity index (χ2v) is 10.8. The Kier molecular flexibility index (Phi) is 4.98. The van der Waals surface area contributed by atoms with E-state index in [1.165, 1.54) is 38.5 Å². The fourth-order valence-corrected chi connectivity index (χ4v) is 7.28. The number of hydrogen-bond donors (Lipinski definition) is 2. The number of carbonyl (C=O) groups excluding carboxylic acids is 1. The van der Waals surface area contributed by atoms with Gasteiger partial charge in [0.05, 0.1) is 0 Å². The van der Waals surface area contributed by atoms with Gasteiger partial charge in [0.15, 0.2) is 16.3 Å². The van der Waals surface area contributed by atoms with Crippen molar-refractivity contribution in [2.75, 3.05) is 5.32 Å². The largest absolute Gasteiger partial charge is 0.434 e. The normalized spacial score (nSPS) is 27.6. The van der Waals surface area contributed by atoms with E-state index in [0.29, 0.717) is 28.7 Å². The van der Waals surface area contributed by atoms with E-state index in [1.807, 2.05) is 37.3 Å². The third-order valence-corrected chi connectivity index (χ3v) is 8.14. The minimum absolute atomic E-state index is 0.0354. The predicted molar refractivity (Wildman–Crippen MR) is 132 cm³/mol. The van der Waals surface area contributed by atoms with Crippen molar-refractivity contribution in [1.29, 1.82) is 0 Å². The van der Waals surface area contributed by atoms with Gasteiger partial charge in [0.1, 0.15) is 0 Å². The highest BCUT2D eigenvalue weighted by Gasteiger charge is 2.51. The molecule has 0 saturated heterocycles. The number of oxazole rings is 1. The zero-order valence-electron chi connectivity index (χ0n) is 18.8. The maximum absolute atomic E-state index is 12.9. The van der Waals surface area contributed by atoms with Crippen molar-refractivity contribution in [2.24, 2.45) is 23.2 Å². The number of aromatic nitrogens is 2. The second kappa shape index (κ2) is 7.90. The Morgan fingerprint density at radius 2 is 1.85 bits per heavy atom. The number of pyridine rings is 1. The number of amides is 1. The minimum atomic E-state index is 0.0354. The number of carbonyl (C=O) groups is 1. The van der Waals surface area contributed by atoms with E-state index >= 15 is 0 Å². The number of nitrogens with zero attached hydrogens (tertiary/aromatic N) is 2. The molecule has 4 aliphatic rings. The number of fused-ring (bicyclic) bond motifs is 1. The van der Waals surface area contributed by atoms with Gasteiger partial charge in [-0.3, -0.25) is 4.79 Å². The SMILES string of the molecule is Cc1c(NC(=S)NC(=O)CC23CC4CC(CC(C4)C2)C3)cccc1-c1nc2ncccc2o1. The van der Waals surface area contributed by atoms with Crippen molar-refractivity contribution in [3.63, 3.8) is 0 Å². The highest BCUT2D eigenvalue weighted by atomic mass is 32.1. The average molecular weight is 461 g/mol. The summed E-state index contributed by atoms with van der Waals surface area (Å²) in [5.74, 6) is 3.06. The molecule has 2 heterocycles. The van der Waals surface area contributed by atoms with Crippen molar-refractivity contribution >= 4 is 40.2 Å². The van der Waals surface area contributed by atoms with Crippen LogP contribution in [0.2, 0.25) is 0 Å². The molecule has 0 atom stereocenters. The highest BCUT2D eigenvalue weighted by Crippen LogP contribution is 2.61. The summed E-state index contributed by atoms with van der Waals surface area (Å²) >= 11 is 5.50. The lowest BCUT2D eigenvalue weighted by atomic mass is 9.49. The van der Waals surface area contributed by atoms with Crippen LogP contribution in [0.15, 0.2) is 40.9 Å². The van der Waals surface area contributed by atoms with Crippen molar-refractivity contribution in [3.8, 4) is 11.5 Å². The molecule has 7 rings (SSSR count). The molecule has 4 bridgehead atoms. The van der Waals surface area contributed by atoms with Crippen LogP contribution in [0.1, 0.15) is 50.5 Å². The van der Waals surface area contributed by atoms with Gasteiger partial charge >= 0.3 is 0 Å². The zero-order valence-corrected chi connectivity index (χ0v) is 19.6. The first kappa shape index (κ1) is 20.8. The molecule has 2 N–H and O–H groups in total. The lowest BCUT2D eigenvalue weighted by Gasteiger charge is -2.56. The maximum Gasteiger partial charge on any atom is 0.229 e. The van der Waals surface area contributed by atoms with E-state index < -0.39 is 0 Å². The number of hydrogen-bond acceptors (Lipinski definition) is 5. The van der Waals surface area contributed by atoms with Gasteiger partial charge in [-0.15, -0.1) is 0 Å². The van der Waals surface area contributed by atoms with Crippen LogP contribution in [0.25, 0.3) is 22.7 Å². The molecule has 0 radical (unpaired) electrons. The molecule has 3 aromatic rings. The van der Waals surface area contributed by atoms with E-state index in [-0.39, 0.29) is 11.3 Å². The van der Waals surface area contributed by atoms with Crippen molar-refractivity contribution in [3.05, 3.63) is 42.1 Å². The third kappa shape index (κ3) is 3.92. The molecular weight excluding hydrogens is 432 g/mol. The molecule has 1 aromatic carbocycles. The molecule has 4 fully saturated rings. The van der Waals surface area contributed by atoms with Crippen LogP contribution in [0.5, 0.6) is 0 Å². The Morgan fingerprint density at radius 1 is 1.12 bits per heavy atom. The molecular formula is C26H28N4O2S. The molecule has 2 aromatic heterocycles. The van der Waals surface area contributed by atoms with Crippen molar-refractivity contribution in [1.82, 2.24) is 15.3 Å². The second-order valence-electron chi connectivity index (χ2n) is 10.4. The first-order chi connectivity index (χ1) is 16.0. The lowest BCUT2D eigenvalue weighted by molar-refractivity contribution is -0.127. The number of thiocarbonyl (C=S) groups is 1. The van der Waals surface area contributed by atoms with Crippen LogP contribution in [0.4, 0.5) is 5.69 Å². The molecule has 6 nitrogen and oxygen atoms in total. The summed E-state index contributed by atoms with van der Waals surface area (Å²) in [6.07, 6.45) is 10.1. The number of nitrogens with one attached hydrogen (secondary N) is 2. The lowest BCUT2D eigenvalue weighted by Crippen LogP contribution is -2.48. The van der Waals surface area contributed by atoms with Gasteiger partial charge in [-0.05, 0) is 111 Å². The Hall–Kier alpha value is -2.80. The molecule has 170 valence electrons. The fraction of sp³-hybridized carbons (Fsp3) is 0.462. The minimum Gasteiger partial charge on any atom is -0.434 e. The first-order valence-corrected chi connectivity index (χ1v) is 12.3. The Labute approximate surface area is 198 Å². The quantitative estimate of drug-likeness (QED) is 0.492. The smallest absolute Gasteiger partial charge is 0.229 e. The topological polar surface area (TPSA) is 80.0 Å². The van der Waals surface area contributed by atoms with Crippen LogP contribution in [-0.4, -0.2) is 21.0 Å². The Balaban J connectivity index is 1.14. The number of anilines is 1. The van der Waals surface area contributed by atoms with Gasteiger partial charge in [-0.1, -0.05) is 6.07 Å². The van der Waals surface area contributed by atoms with Gasteiger partial charge in [-0.25, -0.2) is 4.98 Å². The van der Waals surface area contributed by atoms with Crippen LogP contribution in [0.3, 0.4) is 0 Å². The maximum atomic E-state index is 12.9. The average Bonchev–Trinajstić information content (AvgIpc) is 3.17. The summed E-state index contributed by atoms with van der Waals surface area (Å²) in [7, 11) is 0. The summed E-state index contributed by atoms with van der Waals surface area (Å²) in [6, 6.07) is 9.50. The first-order valence-electron chi connectivity index (χ1n) is 11.9. The number of rotatable bonds is 4.